The third-order valence-electron chi connectivity index (χ3n) is 11.3. The van der Waals surface area contributed by atoms with Gasteiger partial charge in [-0.25, -0.2) is 19.9 Å². The summed E-state index contributed by atoms with van der Waals surface area (Å²) in [6.07, 6.45) is 4.27. The van der Waals surface area contributed by atoms with Crippen molar-refractivity contribution in [2.45, 2.75) is 13.8 Å². The van der Waals surface area contributed by atoms with Crippen molar-refractivity contribution in [3.8, 4) is 67.3 Å². The molecular weight excluding hydrogens is 709 g/mol. The molecule has 2 N–H and O–H groups in total. The Hall–Kier alpha value is -7.70. The van der Waals surface area contributed by atoms with Crippen LogP contribution in [-0.2, 0) is 0 Å². The fourth-order valence-corrected chi connectivity index (χ4v) is 8.36. The Morgan fingerprint density at radius 3 is 1.02 bits per heavy atom. The van der Waals surface area contributed by atoms with E-state index in [0.29, 0.717) is 0 Å². The lowest BCUT2D eigenvalue weighted by Gasteiger charge is -2.09. The fourth-order valence-electron chi connectivity index (χ4n) is 8.36. The number of aryl methyl sites for hydroxylation is 2. The van der Waals surface area contributed by atoms with Crippen molar-refractivity contribution in [3.05, 3.63) is 180 Å². The molecule has 8 bridgehead atoms. The van der Waals surface area contributed by atoms with Crippen LogP contribution in [0.4, 0.5) is 0 Å². The van der Waals surface area contributed by atoms with Crippen molar-refractivity contribution in [2.24, 2.45) is 0 Å². The van der Waals surface area contributed by atoms with Gasteiger partial charge >= 0.3 is 0 Å². The molecule has 6 nitrogen and oxygen atoms in total. The first kappa shape index (κ1) is 33.6. The van der Waals surface area contributed by atoms with Crippen molar-refractivity contribution in [3.63, 3.8) is 0 Å². The minimum Gasteiger partial charge on any atom is -0.354 e. The molecule has 58 heavy (non-hydrogen) atoms. The molecule has 9 aromatic rings. The van der Waals surface area contributed by atoms with Crippen LogP contribution in [0.25, 0.3) is 113 Å². The normalized spacial score (nSPS) is 11.9. The van der Waals surface area contributed by atoms with Crippen LogP contribution in [-0.4, -0.2) is 29.9 Å². The number of aromatic amines is 2. The summed E-state index contributed by atoms with van der Waals surface area (Å²) in [6.45, 7) is 4.25. The van der Waals surface area contributed by atoms with Gasteiger partial charge in [-0.2, -0.15) is 0 Å². The molecule has 6 heteroatoms. The van der Waals surface area contributed by atoms with Crippen molar-refractivity contribution < 1.29 is 0 Å². The van der Waals surface area contributed by atoms with E-state index in [2.05, 4.69) is 169 Å². The van der Waals surface area contributed by atoms with Crippen LogP contribution < -0.4 is 0 Å². The van der Waals surface area contributed by atoms with Gasteiger partial charge in [0.25, 0.3) is 0 Å². The molecule has 0 saturated heterocycles. The van der Waals surface area contributed by atoms with Gasteiger partial charge in [0.2, 0.25) is 0 Å². The SMILES string of the molecule is Cc1cc2nc3c(nc2cc1C)-c1nc-3c(-c2ccccc2)c2ccc([nH]2)c(-c2ccccc2)c2nc(c(-c3ccccc3)c3ccc([nH]3)c1-c1ccccc1)C=C2. The molecule has 2 aliphatic rings. The predicted molar refractivity (Wildman–Crippen MR) is 239 cm³/mol. The Labute approximate surface area is 335 Å². The Bertz CT molecular complexity index is 3060. The van der Waals surface area contributed by atoms with E-state index >= 15 is 0 Å². The van der Waals surface area contributed by atoms with E-state index in [4.69, 9.17) is 19.9 Å². The number of fused-ring (bicyclic) bond motifs is 12. The van der Waals surface area contributed by atoms with Crippen LogP contribution in [0.3, 0.4) is 0 Å². The number of benzene rings is 5. The van der Waals surface area contributed by atoms with Gasteiger partial charge in [0, 0.05) is 44.3 Å². The molecule has 2 aliphatic heterocycles. The Balaban J connectivity index is 1.39. The second-order valence-electron chi connectivity index (χ2n) is 14.9. The minimum absolute atomic E-state index is 0.746. The molecule has 0 unspecified atom stereocenters. The van der Waals surface area contributed by atoms with E-state index in [-0.39, 0.29) is 0 Å². The highest BCUT2D eigenvalue weighted by Gasteiger charge is 2.29. The molecule has 11 rings (SSSR count). The van der Waals surface area contributed by atoms with E-state index in [1.807, 2.05) is 24.3 Å². The van der Waals surface area contributed by atoms with Gasteiger partial charge in [-0.3, -0.25) is 0 Å². The third-order valence-corrected chi connectivity index (χ3v) is 11.3. The molecule has 0 atom stereocenters. The molecule has 6 heterocycles. The van der Waals surface area contributed by atoms with Crippen LogP contribution in [0.5, 0.6) is 0 Å². The smallest absolute Gasteiger partial charge is 0.118 e. The van der Waals surface area contributed by atoms with Gasteiger partial charge in [0.05, 0.1) is 22.4 Å². The van der Waals surface area contributed by atoms with Gasteiger partial charge in [-0.1, -0.05) is 121 Å². The molecular formula is C52H36N6. The Morgan fingerprint density at radius 1 is 0.328 bits per heavy atom. The predicted octanol–water partition coefficient (Wildman–Crippen LogP) is 13.0. The van der Waals surface area contributed by atoms with Crippen LogP contribution in [0.15, 0.2) is 158 Å². The van der Waals surface area contributed by atoms with Crippen LogP contribution in [0.2, 0.25) is 0 Å². The van der Waals surface area contributed by atoms with Crippen molar-refractivity contribution in [2.75, 3.05) is 0 Å². The highest BCUT2D eigenvalue weighted by molar-refractivity contribution is 6.04. The second-order valence-corrected chi connectivity index (χ2v) is 14.9. The zero-order chi connectivity index (χ0) is 38.7. The number of hydrogen-bond donors (Lipinski definition) is 2. The maximum Gasteiger partial charge on any atom is 0.118 e. The van der Waals surface area contributed by atoms with Gasteiger partial charge in [0.1, 0.15) is 22.8 Å². The topological polar surface area (TPSA) is 83.1 Å². The molecule has 0 fully saturated rings. The summed E-state index contributed by atoms with van der Waals surface area (Å²) in [5, 5.41) is 0. The zero-order valence-corrected chi connectivity index (χ0v) is 32.0. The summed E-state index contributed by atoms with van der Waals surface area (Å²) >= 11 is 0. The summed E-state index contributed by atoms with van der Waals surface area (Å²) in [4.78, 5) is 29.7. The summed E-state index contributed by atoms with van der Waals surface area (Å²) in [5.74, 6) is 0. The molecule has 274 valence electrons. The third kappa shape index (κ3) is 5.57. The van der Waals surface area contributed by atoms with Crippen LogP contribution in [0, 0.1) is 13.8 Å². The van der Waals surface area contributed by atoms with Crippen LogP contribution in [0.1, 0.15) is 22.5 Å². The van der Waals surface area contributed by atoms with Crippen molar-refractivity contribution >= 4 is 45.3 Å². The zero-order valence-electron chi connectivity index (χ0n) is 32.0. The van der Waals surface area contributed by atoms with Gasteiger partial charge in [-0.05, 0) is 95.8 Å². The molecule has 5 aromatic carbocycles. The first-order valence-electron chi connectivity index (χ1n) is 19.6. The Morgan fingerprint density at radius 2 is 0.655 bits per heavy atom. The molecule has 0 amide bonds. The molecule has 4 aromatic heterocycles. The largest absolute Gasteiger partial charge is 0.354 e. The van der Waals surface area contributed by atoms with Crippen molar-refractivity contribution in [1.82, 2.24) is 29.9 Å². The number of nitrogens with zero attached hydrogens (tertiary/aromatic N) is 4. The molecule has 0 aliphatic carbocycles. The average Bonchev–Trinajstić information content (AvgIpc) is 4.10. The molecule has 0 radical (unpaired) electrons. The van der Waals surface area contributed by atoms with Gasteiger partial charge in [0.15, 0.2) is 0 Å². The van der Waals surface area contributed by atoms with E-state index in [1.54, 1.807) is 0 Å². The van der Waals surface area contributed by atoms with Gasteiger partial charge < -0.3 is 9.97 Å². The van der Waals surface area contributed by atoms with Gasteiger partial charge in [-0.15, -0.1) is 0 Å². The maximum atomic E-state index is 5.67. The number of hydrogen-bond acceptors (Lipinski definition) is 4. The standard InChI is InChI=1S/C52H36N6/c1-31-29-43-44(30-32(31)2)57-52-50-48(36-21-13-6-14-22-36)42-28-26-40(55-42)46(34-17-9-4-10-18-34)38-24-23-37(53-38)45(33-15-7-3-8-16-33)39-25-27-41(54-39)47(35-19-11-5-12-20-35)49(58-50)51(52)56-43/h3-30,54-55H,1-2H3. The van der Waals surface area contributed by atoms with E-state index in [1.165, 1.54) is 11.1 Å². The summed E-state index contributed by atoms with van der Waals surface area (Å²) in [6, 6.07) is 54.9. The Kier molecular flexibility index (Phi) is 7.83. The lowest BCUT2D eigenvalue weighted by Crippen LogP contribution is -1.95. The highest BCUT2D eigenvalue weighted by Crippen LogP contribution is 2.46. The number of nitrogens with one attached hydrogen (secondary N) is 2. The van der Waals surface area contributed by atoms with E-state index < -0.39 is 0 Å². The fraction of sp³-hybridized carbons (Fsp3) is 0.0385. The highest BCUT2D eigenvalue weighted by atomic mass is 14.9. The minimum atomic E-state index is 0.746. The molecule has 0 spiro atoms. The second kappa shape index (κ2) is 13.5. The molecule has 0 saturated carbocycles. The number of aromatic nitrogens is 6. The monoisotopic (exact) mass is 744 g/mol. The first-order chi connectivity index (χ1) is 28.6. The maximum absolute atomic E-state index is 5.67. The van der Waals surface area contributed by atoms with Crippen LogP contribution >= 0.6 is 0 Å². The summed E-state index contributed by atoms with van der Waals surface area (Å²) < 4.78 is 0. The lowest BCUT2D eigenvalue weighted by molar-refractivity contribution is 1.28. The summed E-state index contributed by atoms with van der Waals surface area (Å²) in [7, 11) is 0. The van der Waals surface area contributed by atoms with E-state index in [9.17, 15) is 0 Å². The average molecular weight is 745 g/mol. The van der Waals surface area contributed by atoms with Crippen molar-refractivity contribution in [1.29, 1.82) is 0 Å². The lowest BCUT2D eigenvalue weighted by atomic mass is 10.00. The quantitative estimate of drug-likeness (QED) is 0.188. The van der Waals surface area contributed by atoms with E-state index in [0.717, 1.165) is 112 Å². The number of rotatable bonds is 4. The first-order valence-corrected chi connectivity index (χ1v) is 19.6. The summed E-state index contributed by atoms with van der Waals surface area (Å²) in [5.41, 5.74) is 20.6. The number of H-pyrrole nitrogens is 2.